The first kappa shape index (κ1) is 16.4. The Labute approximate surface area is 126 Å². The quantitative estimate of drug-likeness (QED) is 0.783. The molecule has 1 saturated carbocycles. The van der Waals surface area contributed by atoms with Gasteiger partial charge in [0.1, 0.15) is 5.82 Å². The Morgan fingerprint density at radius 3 is 2.57 bits per heavy atom. The van der Waals surface area contributed by atoms with Gasteiger partial charge in [-0.2, -0.15) is 0 Å². The van der Waals surface area contributed by atoms with Crippen LogP contribution in [0.4, 0.5) is 4.39 Å². The van der Waals surface area contributed by atoms with E-state index in [1.165, 1.54) is 12.1 Å². The third-order valence-corrected chi connectivity index (χ3v) is 4.70. The smallest absolute Gasteiger partial charge is 0.123 e. The van der Waals surface area contributed by atoms with E-state index >= 15 is 0 Å². The van der Waals surface area contributed by atoms with E-state index in [0.29, 0.717) is 18.0 Å². The Balaban J connectivity index is 1.89. The summed E-state index contributed by atoms with van der Waals surface area (Å²) >= 11 is 0. The second kappa shape index (κ2) is 6.86. The van der Waals surface area contributed by atoms with Crippen LogP contribution < -0.4 is 5.32 Å². The first-order valence-electron chi connectivity index (χ1n) is 7.75. The van der Waals surface area contributed by atoms with Crippen molar-refractivity contribution in [2.45, 2.75) is 57.3 Å². The van der Waals surface area contributed by atoms with Crippen LogP contribution in [0.2, 0.25) is 0 Å². The molecule has 0 spiro atoms. The van der Waals surface area contributed by atoms with Crippen LogP contribution in [0.1, 0.15) is 51.2 Å². The summed E-state index contributed by atoms with van der Waals surface area (Å²) < 4.78 is 13.2. The summed E-state index contributed by atoms with van der Waals surface area (Å²) in [5.41, 5.74) is 0.492. The maximum atomic E-state index is 13.2. The van der Waals surface area contributed by atoms with Gasteiger partial charge in [-0.25, -0.2) is 4.39 Å². The summed E-state index contributed by atoms with van der Waals surface area (Å²) in [4.78, 5) is 0. The van der Waals surface area contributed by atoms with Crippen molar-refractivity contribution in [3.63, 3.8) is 0 Å². The van der Waals surface area contributed by atoms with Crippen molar-refractivity contribution in [2.24, 2.45) is 5.92 Å². The number of rotatable bonds is 5. The maximum absolute atomic E-state index is 13.2. The van der Waals surface area contributed by atoms with Crippen LogP contribution in [0.25, 0.3) is 0 Å². The normalized spacial score (nSPS) is 24.8. The minimum Gasteiger partial charge on any atom is -0.393 e. The van der Waals surface area contributed by atoms with E-state index in [1.807, 2.05) is 0 Å². The highest BCUT2D eigenvalue weighted by Gasteiger charge is 2.32. The lowest BCUT2D eigenvalue weighted by molar-refractivity contribution is 0.0734. The summed E-state index contributed by atoms with van der Waals surface area (Å²) in [5.74, 6) is 0.160. The molecular formula is C17H26FNO2. The second-order valence-corrected chi connectivity index (χ2v) is 6.68. The minimum absolute atomic E-state index is 0.103. The number of benzene rings is 1. The molecule has 0 radical (unpaired) electrons. The third-order valence-electron chi connectivity index (χ3n) is 4.70. The first-order valence-corrected chi connectivity index (χ1v) is 7.75. The van der Waals surface area contributed by atoms with Crippen molar-refractivity contribution in [3.05, 3.63) is 35.6 Å². The van der Waals surface area contributed by atoms with Gasteiger partial charge in [0.05, 0.1) is 12.2 Å². The number of nitrogens with one attached hydrogen (secondary N) is 1. The van der Waals surface area contributed by atoms with Gasteiger partial charge in [-0.1, -0.05) is 12.1 Å². The first-order chi connectivity index (χ1) is 9.88. The van der Waals surface area contributed by atoms with Gasteiger partial charge in [-0.15, -0.1) is 0 Å². The zero-order chi connectivity index (χ0) is 15.5. The molecule has 1 aromatic rings. The van der Waals surface area contributed by atoms with Gasteiger partial charge in [0.25, 0.3) is 0 Å². The zero-order valence-corrected chi connectivity index (χ0v) is 12.8. The summed E-state index contributed by atoms with van der Waals surface area (Å²) in [5, 5.41) is 23.2. The molecule has 0 unspecified atom stereocenters. The number of β-amino-alcohol motifs (C(OH)–C–C–N with tert-alkyl or cyclic N) is 1. The molecule has 0 aromatic heterocycles. The summed E-state index contributed by atoms with van der Waals surface area (Å²) in [6.45, 7) is 4.66. The van der Waals surface area contributed by atoms with Crippen LogP contribution >= 0.6 is 0 Å². The molecule has 2 rings (SSSR count). The molecule has 1 aromatic carbocycles. The van der Waals surface area contributed by atoms with E-state index in [4.69, 9.17) is 0 Å². The van der Waals surface area contributed by atoms with Crippen LogP contribution in [0, 0.1) is 11.7 Å². The Morgan fingerprint density at radius 1 is 1.29 bits per heavy atom. The highest BCUT2D eigenvalue weighted by atomic mass is 19.1. The Hall–Kier alpha value is -0.970. The molecule has 4 heteroatoms. The standard InChI is InChI=1S/C17H26FNO2/c1-17(2,13-6-8-15(20)9-7-13)19-11-16(21)12-4-3-5-14(18)10-12/h3-5,10,13,15-16,19-21H,6-9,11H2,1-2H3/t13?,15?,16-/m0/s1. The number of aliphatic hydroxyl groups is 2. The molecule has 1 aliphatic rings. The SMILES string of the molecule is CC(C)(NC[C@H](O)c1cccc(F)c1)C1CCC(O)CC1. The predicted molar refractivity (Wildman–Crippen MR) is 81.4 cm³/mol. The lowest BCUT2D eigenvalue weighted by Gasteiger charge is -2.39. The van der Waals surface area contributed by atoms with E-state index in [-0.39, 0.29) is 17.5 Å². The van der Waals surface area contributed by atoms with E-state index in [1.54, 1.807) is 12.1 Å². The second-order valence-electron chi connectivity index (χ2n) is 6.68. The van der Waals surface area contributed by atoms with E-state index in [9.17, 15) is 14.6 Å². The molecule has 0 saturated heterocycles. The van der Waals surface area contributed by atoms with Crippen molar-refractivity contribution >= 4 is 0 Å². The number of hydrogen-bond donors (Lipinski definition) is 3. The molecule has 0 bridgehead atoms. The third kappa shape index (κ3) is 4.50. The Bertz CT molecular complexity index is 456. The van der Waals surface area contributed by atoms with Gasteiger partial charge in [0.2, 0.25) is 0 Å². The summed E-state index contributed by atoms with van der Waals surface area (Å²) in [6, 6.07) is 6.10. The largest absolute Gasteiger partial charge is 0.393 e. The molecule has 21 heavy (non-hydrogen) atoms. The van der Waals surface area contributed by atoms with Gasteiger partial charge in [-0.3, -0.25) is 0 Å². The van der Waals surface area contributed by atoms with E-state index < -0.39 is 6.10 Å². The van der Waals surface area contributed by atoms with Gasteiger partial charge in [0.15, 0.2) is 0 Å². The van der Waals surface area contributed by atoms with Crippen molar-refractivity contribution in [1.29, 1.82) is 0 Å². The van der Waals surface area contributed by atoms with Gasteiger partial charge < -0.3 is 15.5 Å². The Morgan fingerprint density at radius 2 is 1.95 bits per heavy atom. The highest BCUT2D eigenvalue weighted by Crippen LogP contribution is 2.32. The molecule has 1 aliphatic carbocycles. The molecule has 0 heterocycles. The van der Waals surface area contributed by atoms with Crippen molar-refractivity contribution in [2.75, 3.05) is 6.54 Å². The van der Waals surface area contributed by atoms with Crippen LogP contribution in [0.15, 0.2) is 24.3 Å². The molecule has 3 N–H and O–H groups in total. The monoisotopic (exact) mass is 295 g/mol. The molecule has 118 valence electrons. The van der Waals surface area contributed by atoms with Crippen LogP contribution in [0.5, 0.6) is 0 Å². The topological polar surface area (TPSA) is 52.5 Å². The Kier molecular flexibility index (Phi) is 5.36. The van der Waals surface area contributed by atoms with Crippen LogP contribution in [-0.4, -0.2) is 28.4 Å². The molecule has 0 amide bonds. The highest BCUT2D eigenvalue weighted by molar-refractivity contribution is 5.19. The average molecular weight is 295 g/mol. The summed E-state index contributed by atoms with van der Waals surface area (Å²) in [6.07, 6.45) is 2.82. The fourth-order valence-electron chi connectivity index (χ4n) is 3.13. The molecular weight excluding hydrogens is 269 g/mol. The van der Waals surface area contributed by atoms with Gasteiger partial charge in [-0.05, 0) is 63.1 Å². The summed E-state index contributed by atoms with van der Waals surface area (Å²) in [7, 11) is 0. The van der Waals surface area contributed by atoms with Crippen LogP contribution in [0.3, 0.4) is 0 Å². The van der Waals surface area contributed by atoms with E-state index in [0.717, 1.165) is 25.7 Å². The van der Waals surface area contributed by atoms with Gasteiger partial charge >= 0.3 is 0 Å². The fraction of sp³-hybridized carbons (Fsp3) is 0.647. The predicted octanol–water partition coefficient (Wildman–Crippen LogP) is 2.78. The zero-order valence-electron chi connectivity index (χ0n) is 12.8. The molecule has 3 nitrogen and oxygen atoms in total. The van der Waals surface area contributed by atoms with Crippen molar-refractivity contribution in [1.82, 2.24) is 5.32 Å². The lowest BCUT2D eigenvalue weighted by atomic mass is 9.76. The number of hydrogen-bond acceptors (Lipinski definition) is 3. The maximum Gasteiger partial charge on any atom is 0.123 e. The molecule has 1 atom stereocenters. The van der Waals surface area contributed by atoms with Crippen LogP contribution in [-0.2, 0) is 0 Å². The lowest BCUT2D eigenvalue weighted by Crippen LogP contribution is -2.49. The van der Waals surface area contributed by atoms with Crippen molar-refractivity contribution in [3.8, 4) is 0 Å². The fourth-order valence-corrected chi connectivity index (χ4v) is 3.13. The number of halogens is 1. The van der Waals surface area contributed by atoms with Crippen molar-refractivity contribution < 1.29 is 14.6 Å². The number of aliphatic hydroxyl groups excluding tert-OH is 2. The molecule has 0 aliphatic heterocycles. The van der Waals surface area contributed by atoms with Gasteiger partial charge in [0, 0.05) is 12.1 Å². The van der Waals surface area contributed by atoms with E-state index in [2.05, 4.69) is 19.2 Å². The average Bonchev–Trinajstić information content (AvgIpc) is 2.45. The molecule has 1 fully saturated rings. The minimum atomic E-state index is -0.714.